The lowest BCUT2D eigenvalue weighted by molar-refractivity contribution is -0.121. The Morgan fingerprint density at radius 2 is 1.94 bits per heavy atom. The first kappa shape index (κ1) is 15.3. The predicted octanol–water partition coefficient (Wildman–Crippen LogP) is 2.82. The molecule has 1 aromatic rings. The summed E-state index contributed by atoms with van der Waals surface area (Å²) in [5.41, 5.74) is 0.884. The van der Waals surface area contributed by atoms with Crippen molar-refractivity contribution in [3.8, 4) is 0 Å². The molecular weight excluding hydrogens is 271 g/mol. The van der Waals surface area contributed by atoms with Gasteiger partial charge in [0.25, 0.3) is 0 Å². The van der Waals surface area contributed by atoms with Crippen molar-refractivity contribution in [3.05, 3.63) is 33.8 Å². The summed E-state index contributed by atoms with van der Waals surface area (Å²) in [6, 6.07) is 5.43. The van der Waals surface area contributed by atoms with Gasteiger partial charge in [0.15, 0.2) is 0 Å². The molecule has 0 radical (unpaired) electrons. The van der Waals surface area contributed by atoms with Crippen LogP contribution in [0, 0.1) is 0 Å². The highest BCUT2D eigenvalue weighted by Gasteiger charge is 2.14. The number of nitrogens with one attached hydrogen (secondary N) is 2. The number of hydrogen-bond donors (Lipinski definition) is 2. The smallest absolute Gasteiger partial charge is 0.221 e. The summed E-state index contributed by atoms with van der Waals surface area (Å²) in [7, 11) is 1.82. The van der Waals surface area contributed by atoms with Crippen molar-refractivity contribution in [2.75, 3.05) is 20.1 Å². The molecule has 0 aromatic heterocycles. The van der Waals surface area contributed by atoms with Gasteiger partial charge in [0.1, 0.15) is 0 Å². The van der Waals surface area contributed by atoms with E-state index >= 15 is 0 Å². The van der Waals surface area contributed by atoms with Gasteiger partial charge in [-0.05, 0) is 24.7 Å². The molecule has 1 unspecified atom stereocenters. The van der Waals surface area contributed by atoms with Gasteiger partial charge in [-0.15, -0.1) is 0 Å². The first-order chi connectivity index (χ1) is 8.56. The normalized spacial score (nSPS) is 12.2. The van der Waals surface area contributed by atoms with E-state index in [1.54, 1.807) is 0 Å². The molecule has 0 aliphatic heterocycles. The molecule has 1 atom stereocenters. The van der Waals surface area contributed by atoms with Gasteiger partial charge in [-0.1, -0.05) is 36.2 Å². The van der Waals surface area contributed by atoms with Crippen LogP contribution in [0.1, 0.15) is 24.8 Å². The van der Waals surface area contributed by atoms with Crippen molar-refractivity contribution >= 4 is 29.1 Å². The molecule has 0 saturated heterocycles. The van der Waals surface area contributed by atoms with Crippen molar-refractivity contribution in [2.24, 2.45) is 0 Å². The topological polar surface area (TPSA) is 41.1 Å². The minimum absolute atomic E-state index is 0.0272. The second-order valence-electron chi connectivity index (χ2n) is 4.19. The van der Waals surface area contributed by atoms with Gasteiger partial charge >= 0.3 is 0 Å². The third kappa shape index (κ3) is 4.48. The Hall–Kier alpha value is -0.770. The molecule has 18 heavy (non-hydrogen) atoms. The van der Waals surface area contributed by atoms with Crippen molar-refractivity contribution in [1.82, 2.24) is 10.6 Å². The van der Waals surface area contributed by atoms with Crippen LogP contribution in [0.2, 0.25) is 10.0 Å². The zero-order chi connectivity index (χ0) is 13.5. The fourth-order valence-corrected chi connectivity index (χ4v) is 2.45. The molecule has 0 aliphatic rings. The molecular formula is C13H18Cl2N2O. The Bertz CT molecular complexity index is 390. The fraction of sp³-hybridized carbons (Fsp3) is 0.462. The van der Waals surface area contributed by atoms with Crippen LogP contribution in [0.4, 0.5) is 0 Å². The Balaban J connectivity index is 2.55. The fourth-order valence-electron chi connectivity index (χ4n) is 1.68. The Morgan fingerprint density at radius 3 is 2.50 bits per heavy atom. The molecule has 0 fully saturated rings. The van der Waals surface area contributed by atoms with E-state index in [-0.39, 0.29) is 11.8 Å². The van der Waals surface area contributed by atoms with Crippen molar-refractivity contribution < 1.29 is 4.79 Å². The van der Waals surface area contributed by atoms with Gasteiger partial charge in [0.2, 0.25) is 5.91 Å². The molecule has 3 nitrogen and oxygen atoms in total. The molecule has 0 saturated carbocycles. The monoisotopic (exact) mass is 288 g/mol. The summed E-state index contributed by atoms with van der Waals surface area (Å²) in [6.45, 7) is 3.20. The number of carbonyl (C=O) groups excluding carboxylic acids is 1. The number of rotatable bonds is 6. The molecule has 1 aromatic carbocycles. The molecule has 0 spiro atoms. The summed E-state index contributed by atoms with van der Waals surface area (Å²) >= 11 is 12.2. The number of carbonyl (C=O) groups is 1. The standard InChI is InChI=1S/C13H18Cl2N2O/c1-9(8-17-12(18)6-7-16-2)13-10(14)4-3-5-11(13)15/h3-5,9,16H,6-8H2,1-2H3,(H,17,18). The van der Waals surface area contributed by atoms with Crippen molar-refractivity contribution in [3.63, 3.8) is 0 Å². The van der Waals surface area contributed by atoms with E-state index in [2.05, 4.69) is 10.6 Å². The Kier molecular flexibility index (Phi) is 6.47. The Labute approximate surface area is 118 Å². The van der Waals surface area contributed by atoms with Gasteiger partial charge in [-0.2, -0.15) is 0 Å². The van der Waals surface area contributed by atoms with Gasteiger partial charge in [0.05, 0.1) is 0 Å². The van der Waals surface area contributed by atoms with E-state index < -0.39 is 0 Å². The number of benzene rings is 1. The largest absolute Gasteiger partial charge is 0.355 e. The lowest BCUT2D eigenvalue weighted by atomic mass is 10.0. The highest BCUT2D eigenvalue weighted by Crippen LogP contribution is 2.30. The minimum atomic E-state index is 0.0272. The summed E-state index contributed by atoms with van der Waals surface area (Å²) in [4.78, 5) is 11.5. The van der Waals surface area contributed by atoms with E-state index in [4.69, 9.17) is 23.2 Å². The van der Waals surface area contributed by atoms with E-state index in [9.17, 15) is 4.79 Å². The van der Waals surface area contributed by atoms with Crippen LogP contribution in [0.15, 0.2) is 18.2 Å². The molecule has 0 heterocycles. The molecule has 2 N–H and O–H groups in total. The van der Waals surface area contributed by atoms with Crippen LogP contribution < -0.4 is 10.6 Å². The molecule has 1 amide bonds. The second-order valence-corrected chi connectivity index (χ2v) is 5.01. The third-order valence-electron chi connectivity index (χ3n) is 2.70. The summed E-state index contributed by atoms with van der Waals surface area (Å²) in [6.07, 6.45) is 0.472. The summed E-state index contributed by atoms with van der Waals surface area (Å²) in [5, 5.41) is 7.08. The van der Waals surface area contributed by atoms with Crippen LogP contribution >= 0.6 is 23.2 Å². The first-order valence-corrected chi connectivity index (χ1v) is 6.67. The maximum Gasteiger partial charge on any atom is 0.221 e. The molecule has 100 valence electrons. The number of hydrogen-bond acceptors (Lipinski definition) is 2. The van der Waals surface area contributed by atoms with Crippen LogP contribution in [-0.2, 0) is 4.79 Å². The van der Waals surface area contributed by atoms with Crippen molar-refractivity contribution in [2.45, 2.75) is 19.3 Å². The van der Waals surface area contributed by atoms with Gasteiger partial charge in [0, 0.05) is 35.5 Å². The maximum atomic E-state index is 11.5. The molecule has 0 bridgehead atoms. The molecule has 5 heteroatoms. The third-order valence-corrected chi connectivity index (χ3v) is 3.36. The quantitative estimate of drug-likeness (QED) is 0.845. The van der Waals surface area contributed by atoms with E-state index in [1.807, 2.05) is 32.2 Å². The average molecular weight is 289 g/mol. The van der Waals surface area contributed by atoms with E-state index in [1.165, 1.54) is 0 Å². The summed E-state index contributed by atoms with van der Waals surface area (Å²) < 4.78 is 0. The van der Waals surface area contributed by atoms with Crippen LogP contribution in [0.25, 0.3) is 0 Å². The Morgan fingerprint density at radius 1 is 1.33 bits per heavy atom. The number of halogens is 2. The molecule has 0 aliphatic carbocycles. The zero-order valence-electron chi connectivity index (χ0n) is 10.6. The maximum absolute atomic E-state index is 11.5. The summed E-state index contributed by atoms with van der Waals surface area (Å²) in [5.74, 6) is 0.115. The van der Waals surface area contributed by atoms with Gasteiger partial charge < -0.3 is 10.6 Å². The second kappa shape index (κ2) is 7.62. The lowest BCUT2D eigenvalue weighted by Crippen LogP contribution is -2.29. The highest BCUT2D eigenvalue weighted by molar-refractivity contribution is 6.36. The predicted molar refractivity (Wildman–Crippen MR) is 76.4 cm³/mol. The molecule has 1 rings (SSSR count). The van der Waals surface area contributed by atoms with Crippen molar-refractivity contribution in [1.29, 1.82) is 0 Å². The average Bonchev–Trinajstić information content (AvgIpc) is 2.33. The first-order valence-electron chi connectivity index (χ1n) is 5.91. The van der Waals surface area contributed by atoms with E-state index in [0.29, 0.717) is 29.6 Å². The lowest BCUT2D eigenvalue weighted by Gasteiger charge is -2.16. The van der Waals surface area contributed by atoms with Crippen LogP contribution in [0.3, 0.4) is 0 Å². The minimum Gasteiger partial charge on any atom is -0.355 e. The van der Waals surface area contributed by atoms with Crippen LogP contribution in [-0.4, -0.2) is 26.0 Å². The van der Waals surface area contributed by atoms with Gasteiger partial charge in [-0.25, -0.2) is 0 Å². The SMILES string of the molecule is CNCCC(=O)NCC(C)c1c(Cl)cccc1Cl. The van der Waals surface area contributed by atoms with Gasteiger partial charge in [-0.3, -0.25) is 4.79 Å². The van der Waals surface area contributed by atoms with Crippen LogP contribution in [0.5, 0.6) is 0 Å². The highest BCUT2D eigenvalue weighted by atomic mass is 35.5. The number of amides is 1. The van der Waals surface area contributed by atoms with E-state index in [0.717, 1.165) is 5.56 Å². The zero-order valence-corrected chi connectivity index (χ0v) is 12.1.